The zero-order valence-electron chi connectivity index (χ0n) is 21.3. The number of carbonyl (C=O) groups excluding carboxylic acids is 2. The number of nitrogens with one attached hydrogen (secondary N) is 2. The van der Waals surface area contributed by atoms with E-state index in [0.717, 1.165) is 30.0 Å². The van der Waals surface area contributed by atoms with E-state index in [2.05, 4.69) is 12.2 Å². The predicted molar refractivity (Wildman–Crippen MR) is 127 cm³/mol. The minimum atomic E-state index is -5.80. The van der Waals surface area contributed by atoms with Gasteiger partial charge in [-0.15, -0.1) is 0 Å². The second kappa shape index (κ2) is 8.74. The number of alkyl halides is 6. The van der Waals surface area contributed by atoms with Crippen molar-refractivity contribution in [1.29, 1.82) is 0 Å². The molecule has 0 spiro atoms. The molecule has 1 aromatic rings. The van der Waals surface area contributed by atoms with Crippen LogP contribution in [0.2, 0.25) is 0 Å². The Morgan fingerprint density at radius 2 is 1.61 bits per heavy atom. The second-order valence-corrected chi connectivity index (χ2v) is 12.0. The zero-order valence-corrected chi connectivity index (χ0v) is 21.3. The molecule has 0 radical (unpaired) electrons. The Morgan fingerprint density at radius 3 is 2.24 bits per heavy atom. The Morgan fingerprint density at radius 1 is 0.947 bits per heavy atom. The summed E-state index contributed by atoms with van der Waals surface area (Å²) in [6.45, 7) is 4.00. The van der Waals surface area contributed by atoms with Crippen molar-refractivity contribution in [2.75, 3.05) is 0 Å². The summed E-state index contributed by atoms with van der Waals surface area (Å²) >= 11 is 0. The number of carbonyl (C=O) groups is 2. The lowest BCUT2D eigenvalue weighted by atomic mass is 9.49. The number of allylic oxidation sites excluding steroid dienone is 2. The highest BCUT2D eigenvalue weighted by Gasteiger charge is 2.73. The summed E-state index contributed by atoms with van der Waals surface area (Å²) in [7, 11) is 0. The van der Waals surface area contributed by atoms with E-state index in [4.69, 9.17) is 0 Å². The van der Waals surface area contributed by atoms with Crippen LogP contribution in [0.1, 0.15) is 64.4 Å². The number of rotatable bonds is 3. The maximum Gasteiger partial charge on any atom is 0.424 e. The summed E-state index contributed by atoms with van der Waals surface area (Å²) in [6, 6.07) is 5.02. The summed E-state index contributed by atoms with van der Waals surface area (Å²) in [5.74, 6) is -1.80. The van der Waals surface area contributed by atoms with Crippen LogP contribution in [0.4, 0.5) is 26.3 Å². The van der Waals surface area contributed by atoms with Gasteiger partial charge in [0.15, 0.2) is 0 Å². The quantitative estimate of drug-likeness (QED) is 0.435. The van der Waals surface area contributed by atoms with Crippen LogP contribution in [0.25, 0.3) is 0 Å². The van der Waals surface area contributed by atoms with E-state index in [0.29, 0.717) is 38.5 Å². The summed E-state index contributed by atoms with van der Waals surface area (Å²) < 4.78 is 85.9. The molecule has 38 heavy (non-hydrogen) atoms. The van der Waals surface area contributed by atoms with Crippen molar-refractivity contribution < 1.29 is 35.9 Å². The fraction of sp³-hybridized carbons (Fsp3) is 0.643. The molecule has 208 valence electrons. The van der Waals surface area contributed by atoms with Crippen molar-refractivity contribution >= 4 is 11.8 Å². The van der Waals surface area contributed by atoms with Gasteiger partial charge in [0, 0.05) is 23.5 Å². The van der Waals surface area contributed by atoms with Crippen molar-refractivity contribution in [1.82, 2.24) is 10.6 Å². The molecule has 10 heteroatoms. The Balaban J connectivity index is 1.46. The van der Waals surface area contributed by atoms with Crippen LogP contribution in [0, 0.1) is 34.5 Å². The van der Waals surface area contributed by atoms with Crippen LogP contribution < -0.4 is 10.6 Å². The van der Waals surface area contributed by atoms with Gasteiger partial charge in [-0.25, -0.2) is 0 Å². The first-order valence-electron chi connectivity index (χ1n) is 13.2. The zero-order chi connectivity index (χ0) is 27.7. The van der Waals surface area contributed by atoms with Crippen LogP contribution in [0.3, 0.4) is 0 Å². The highest BCUT2D eigenvalue weighted by atomic mass is 19.4. The first kappa shape index (κ1) is 27.1. The smallest absolute Gasteiger partial charge is 0.331 e. The molecule has 2 amide bonds. The second-order valence-electron chi connectivity index (χ2n) is 12.0. The van der Waals surface area contributed by atoms with E-state index in [9.17, 15) is 35.9 Å². The number of amides is 2. The molecule has 3 aliphatic carbocycles. The monoisotopic (exact) mass is 542 g/mol. The van der Waals surface area contributed by atoms with Crippen molar-refractivity contribution in [3.05, 3.63) is 47.7 Å². The molecule has 0 bridgehead atoms. The molecule has 1 unspecified atom stereocenters. The molecule has 4 aliphatic rings. The van der Waals surface area contributed by atoms with Gasteiger partial charge in [-0.1, -0.05) is 50.3 Å². The van der Waals surface area contributed by atoms with E-state index in [-0.39, 0.29) is 35.5 Å². The van der Waals surface area contributed by atoms with Crippen LogP contribution in [0.5, 0.6) is 0 Å². The van der Waals surface area contributed by atoms with Gasteiger partial charge in [0.1, 0.15) is 0 Å². The molecule has 2 N–H and O–H groups in total. The molecule has 6 atom stereocenters. The lowest BCUT2D eigenvalue weighted by molar-refractivity contribution is -0.312. The van der Waals surface area contributed by atoms with Gasteiger partial charge in [-0.05, 0) is 67.3 Å². The van der Waals surface area contributed by atoms with Crippen molar-refractivity contribution in [2.45, 2.75) is 76.7 Å². The SMILES string of the molecule is C[C@]12CCC(=O)NC1=CC[C@@H]1[C@H]2CC[C@]2(C)C(C(=O)NC(c3ccccc3)(C(F)(F)F)C(F)(F)F)CC[C@@H]12. The first-order chi connectivity index (χ1) is 17.6. The third-order valence-electron chi connectivity index (χ3n) is 10.3. The van der Waals surface area contributed by atoms with Crippen LogP contribution >= 0.6 is 0 Å². The van der Waals surface area contributed by atoms with Gasteiger partial charge in [-0.3, -0.25) is 9.59 Å². The fourth-order valence-corrected chi connectivity index (χ4v) is 8.29. The molecule has 5 rings (SSSR count). The first-order valence-corrected chi connectivity index (χ1v) is 13.2. The Labute approximate surface area is 217 Å². The summed E-state index contributed by atoms with van der Waals surface area (Å²) in [6.07, 6.45) is -5.74. The van der Waals surface area contributed by atoms with Gasteiger partial charge >= 0.3 is 12.4 Å². The molecular formula is C28H32F6N2O2. The molecule has 0 aromatic heterocycles. The number of piperidine rings is 1. The molecule has 1 aromatic carbocycles. The van der Waals surface area contributed by atoms with E-state index < -0.39 is 40.7 Å². The van der Waals surface area contributed by atoms with Gasteiger partial charge < -0.3 is 10.6 Å². The van der Waals surface area contributed by atoms with E-state index in [1.807, 2.05) is 13.0 Å². The average molecular weight is 543 g/mol. The summed E-state index contributed by atoms with van der Waals surface area (Å²) in [4.78, 5) is 25.5. The maximum absolute atomic E-state index is 14.3. The number of fused-ring (bicyclic) bond motifs is 5. The maximum atomic E-state index is 14.3. The highest BCUT2D eigenvalue weighted by Crippen LogP contribution is 2.65. The van der Waals surface area contributed by atoms with Crippen LogP contribution in [0.15, 0.2) is 42.1 Å². The third-order valence-corrected chi connectivity index (χ3v) is 10.3. The largest absolute Gasteiger partial charge is 0.424 e. The molecule has 3 fully saturated rings. The van der Waals surface area contributed by atoms with Crippen molar-refractivity contribution in [2.24, 2.45) is 34.5 Å². The molecule has 4 nitrogen and oxygen atoms in total. The minimum absolute atomic E-state index is 0.00727. The highest BCUT2D eigenvalue weighted by molar-refractivity contribution is 5.81. The molecule has 1 saturated heterocycles. The molecule has 2 saturated carbocycles. The topological polar surface area (TPSA) is 58.2 Å². The van der Waals surface area contributed by atoms with E-state index in [1.165, 1.54) is 11.4 Å². The van der Waals surface area contributed by atoms with Gasteiger partial charge in [0.05, 0.1) is 0 Å². The standard InChI is InChI=1S/C28H32F6N2O2/c1-24-14-12-19-17(8-11-21-25(19,2)15-13-22(37)35-21)18(24)9-10-20(24)23(38)36-26(27(29,30)31,28(32,33)34)16-6-4-3-5-7-16/h3-7,11,17-20H,8-10,12-15H2,1-2H3,(H,35,37)(H,36,38)/t17-,18-,19+,20?,24-,25+/m0/s1. The van der Waals surface area contributed by atoms with Crippen LogP contribution in [-0.4, -0.2) is 24.2 Å². The normalized spacial score (nSPS) is 35.4. The van der Waals surface area contributed by atoms with Gasteiger partial charge in [-0.2, -0.15) is 26.3 Å². The van der Waals surface area contributed by atoms with Crippen molar-refractivity contribution in [3.8, 4) is 0 Å². The number of hydrogen-bond donors (Lipinski definition) is 2. The molecular weight excluding hydrogens is 510 g/mol. The van der Waals surface area contributed by atoms with Crippen LogP contribution in [-0.2, 0) is 15.1 Å². The third kappa shape index (κ3) is 3.79. The summed E-state index contributed by atoms with van der Waals surface area (Å²) in [5, 5.41) is 4.51. The van der Waals surface area contributed by atoms with Crippen molar-refractivity contribution in [3.63, 3.8) is 0 Å². The van der Waals surface area contributed by atoms with E-state index in [1.54, 1.807) is 0 Å². The van der Waals surface area contributed by atoms with Gasteiger partial charge in [0.25, 0.3) is 5.54 Å². The Kier molecular flexibility index (Phi) is 6.23. The predicted octanol–water partition coefficient (Wildman–Crippen LogP) is 6.39. The number of hydrogen-bond acceptors (Lipinski definition) is 2. The Hall–Kier alpha value is -2.52. The number of benzene rings is 1. The van der Waals surface area contributed by atoms with E-state index >= 15 is 0 Å². The molecule has 1 heterocycles. The Bertz CT molecular complexity index is 1130. The molecule has 1 aliphatic heterocycles. The van der Waals surface area contributed by atoms with Gasteiger partial charge in [0.2, 0.25) is 11.8 Å². The fourth-order valence-electron chi connectivity index (χ4n) is 8.29. The number of halogens is 6. The lowest BCUT2D eigenvalue weighted by Gasteiger charge is -2.57. The average Bonchev–Trinajstić information content (AvgIpc) is 3.19. The summed E-state index contributed by atoms with van der Waals surface area (Å²) in [5.41, 5.74) is -5.58. The lowest BCUT2D eigenvalue weighted by Crippen LogP contribution is -2.66. The minimum Gasteiger partial charge on any atom is -0.331 e.